The van der Waals surface area contributed by atoms with Crippen LogP contribution in [0.1, 0.15) is 37.3 Å². The van der Waals surface area contributed by atoms with Crippen LogP contribution in [0.25, 0.3) is 0 Å². The number of nitrogens with zero attached hydrogens (tertiary/aromatic N) is 2. The molecule has 0 amide bonds. The zero-order valence-electron chi connectivity index (χ0n) is 13.1. The largest absolute Gasteiger partial charge is 0.383 e. The number of hydrogen-bond donors (Lipinski definition) is 1. The van der Waals surface area contributed by atoms with Gasteiger partial charge in [0.2, 0.25) is 0 Å². The smallest absolute Gasteiger partial charge is 0.185 e. The molecule has 1 aromatic rings. The first-order valence-electron chi connectivity index (χ1n) is 7.58. The Morgan fingerprint density at radius 3 is 2.85 bits per heavy atom. The lowest BCUT2D eigenvalue weighted by Gasteiger charge is -2.23. The minimum atomic E-state index is 0.611. The molecule has 4 nitrogen and oxygen atoms in total. The van der Waals surface area contributed by atoms with E-state index in [0.717, 1.165) is 32.0 Å². The van der Waals surface area contributed by atoms with E-state index in [2.05, 4.69) is 31.1 Å². The molecule has 1 atom stereocenters. The van der Waals surface area contributed by atoms with E-state index < -0.39 is 0 Å². The number of anilines is 1. The first kappa shape index (κ1) is 15.7. The maximum atomic E-state index is 5.06. The maximum absolute atomic E-state index is 5.06. The molecule has 0 radical (unpaired) electrons. The summed E-state index contributed by atoms with van der Waals surface area (Å²) in [6.07, 6.45) is 3.76. The summed E-state index contributed by atoms with van der Waals surface area (Å²) in [5.41, 5.74) is 1.24. The lowest BCUT2D eigenvalue weighted by molar-refractivity contribution is 0.199. The number of aryl methyl sites for hydroxylation is 1. The summed E-state index contributed by atoms with van der Waals surface area (Å²) in [4.78, 5) is 8.56. The molecule has 1 aliphatic carbocycles. The Morgan fingerprint density at radius 2 is 2.25 bits per heavy atom. The summed E-state index contributed by atoms with van der Waals surface area (Å²) in [5.74, 6) is 0.872. The van der Waals surface area contributed by atoms with Gasteiger partial charge in [0.25, 0.3) is 0 Å². The van der Waals surface area contributed by atoms with E-state index in [1.54, 1.807) is 7.11 Å². The van der Waals surface area contributed by atoms with Gasteiger partial charge in [-0.15, -0.1) is 11.3 Å². The average Bonchev–Trinajstić information content (AvgIpc) is 3.22. The van der Waals surface area contributed by atoms with Gasteiger partial charge in [-0.3, -0.25) is 0 Å². The summed E-state index contributed by atoms with van der Waals surface area (Å²) in [6, 6.07) is 0.611. The number of aromatic nitrogens is 1. The molecule has 1 fully saturated rings. The van der Waals surface area contributed by atoms with Gasteiger partial charge in [0.15, 0.2) is 5.13 Å². The van der Waals surface area contributed by atoms with Crippen molar-refractivity contribution in [3.8, 4) is 0 Å². The van der Waals surface area contributed by atoms with Crippen LogP contribution < -0.4 is 10.2 Å². The van der Waals surface area contributed by atoms with Gasteiger partial charge in [-0.25, -0.2) is 4.98 Å². The fraction of sp³-hybridized carbons (Fsp3) is 0.800. The quantitative estimate of drug-likeness (QED) is 0.711. The van der Waals surface area contributed by atoms with Crippen molar-refractivity contribution in [1.29, 1.82) is 0 Å². The van der Waals surface area contributed by atoms with E-state index in [1.807, 2.05) is 11.3 Å². The van der Waals surface area contributed by atoms with Crippen molar-refractivity contribution < 1.29 is 4.74 Å². The Morgan fingerprint density at radius 1 is 1.50 bits per heavy atom. The van der Waals surface area contributed by atoms with Crippen LogP contribution in [-0.4, -0.2) is 38.3 Å². The summed E-state index contributed by atoms with van der Waals surface area (Å²) in [5, 5.41) is 4.59. The maximum Gasteiger partial charge on any atom is 0.185 e. The van der Waals surface area contributed by atoms with Gasteiger partial charge < -0.3 is 15.0 Å². The Balaban J connectivity index is 1.97. The molecule has 2 rings (SSSR count). The van der Waals surface area contributed by atoms with Crippen LogP contribution >= 0.6 is 11.3 Å². The number of methoxy groups -OCH3 is 1. The highest BCUT2D eigenvalue weighted by Crippen LogP contribution is 2.37. The van der Waals surface area contributed by atoms with E-state index in [-0.39, 0.29) is 0 Å². The molecule has 5 heteroatoms. The summed E-state index contributed by atoms with van der Waals surface area (Å²) in [7, 11) is 3.92. The van der Waals surface area contributed by atoms with E-state index in [1.165, 1.54) is 28.5 Å². The zero-order valence-corrected chi connectivity index (χ0v) is 13.9. The van der Waals surface area contributed by atoms with Gasteiger partial charge in [0, 0.05) is 38.2 Å². The van der Waals surface area contributed by atoms with Crippen LogP contribution in [0, 0.1) is 5.92 Å². The predicted octanol–water partition coefficient (Wildman–Crippen LogP) is 2.68. The third kappa shape index (κ3) is 3.93. The molecular formula is C15H27N3OS. The van der Waals surface area contributed by atoms with E-state index in [4.69, 9.17) is 9.72 Å². The van der Waals surface area contributed by atoms with Crippen LogP contribution in [0.5, 0.6) is 0 Å². The lowest BCUT2D eigenvalue weighted by Crippen LogP contribution is -2.30. The summed E-state index contributed by atoms with van der Waals surface area (Å²) < 4.78 is 5.06. The van der Waals surface area contributed by atoms with Crippen molar-refractivity contribution in [1.82, 2.24) is 10.3 Å². The van der Waals surface area contributed by atoms with Gasteiger partial charge in [0.05, 0.1) is 12.3 Å². The second-order valence-electron chi connectivity index (χ2n) is 5.58. The summed E-state index contributed by atoms with van der Waals surface area (Å²) in [6.45, 7) is 7.05. The number of rotatable bonds is 9. The van der Waals surface area contributed by atoms with Gasteiger partial charge in [-0.1, -0.05) is 6.92 Å². The van der Waals surface area contributed by atoms with Crippen molar-refractivity contribution >= 4 is 16.5 Å². The number of ether oxygens (including phenoxy) is 1. The first-order chi connectivity index (χ1) is 9.67. The molecule has 0 saturated heterocycles. The fourth-order valence-corrected chi connectivity index (χ4v) is 3.55. The van der Waals surface area contributed by atoms with E-state index >= 15 is 0 Å². The zero-order chi connectivity index (χ0) is 14.5. The molecule has 20 heavy (non-hydrogen) atoms. The van der Waals surface area contributed by atoms with Crippen LogP contribution in [0.2, 0.25) is 0 Å². The van der Waals surface area contributed by atoms with Crippen LogP contribution in [0.4, 0.5) is 5.13 Å². The molecular weight excluding hydrogens is 270 g/mol. The molecule has 0 aliphatic heterocycles. The monoisotopic (exact) mass is 297 g/mol. The van der Waals surface area contributed by atoms with Crippen LogP contribution in [-0.2, 0) is 17.7 Å². The van der Waals surface area contributed by atoms with Crippen molar-refractivity contribution in [2.24, 2.45) is 5.92 Å². The molecule has 1 unspecified atom stereocenters. The summed E-state index contributed by atoms with van der Waals surface area (Å²) >= 11 is 1.84. The normalized spacial score (nSPS) is 16.4. The molecule has 1 aromatic heterocycles. The molecule has 0 spiro atoms. The minimum absolute atomic E-state index is 0.611. The topological polar surface area (TPSA) is 37.4 Å². The number of thiazole rings is 1. The van der Waals surface area contributed by atoms with Crippen molar-refractivity contribution in [2.75, 3.05) is 32.2 Å². The highest BCUT2D eigenvalue weighted by molar-refractivity contribution is 7.15. The second kappa shape index (κ2) is 7.38. The van der Waals surface area contributed by atoms with E-state index in [9.17, 15) is 0 Å². The highest BCUT2D eigenvalue weighted by atomic mass is 32.1. The molecule has 1 heterocycles. The Kier molecular flexibility index (Phi) is 5.81. The second-order valence-corrected chi connectivity index (χ2v) is 6.64. The van der Waals surface area contributed by atoms with Gasteiger partial charge in [-0.2, -0.15) is 0 Å². The van der Waals surface area contributed by atoms with Crippen molar-refractivity contribution in [3.63, 3.8) is 0 Å². The molecule has 1 saturated carbocycles. The third-order valence-electron chi connectivity index (χ3n) is 4.09. The molecule has 1 N–H and O–H groups in total. The number of hydrogen-bond acceptors (Lipinski definition) is 5. The Hall–Kier alpha value is -0.650. The van der Waals surface area contributed by atoms with Gasteiger partial charge >= 0.3 is 0 Å². The van der Waals surface area contributed by atoms with Gasteiger partial charge in [0.1, 0.15) is 0 Å². The van der Waals surface area contributed by atoms with Crippen LogP contribution in [0.15, 0.2) is 0 Å². The molecule has 114 valence electrons. The lowest BCUT2D eigenvalue weighted by atomic mass is 10.2. The van der Waals surface area contributed by atoms with E-state index in [0.29, 0.717) is 6.04 Å². The Bertz CT molecular complexity index is 417. The minimum Gasteiger partial charge on any atom is -0.383 e. The SMILES string of the molecule is CCc1nc(N(C)C(C)C2CC2)sc1CNCCOC. The van der Waals surface area contributed by atoms with Crippen LogP contribution in [0.3, 0.4) is 0 Å². The molecule has 0 bridgehead atoms. The average molecular weight is 297 g/mol. The standard InChI is InChI=1S/C15H27N3OS/c1-5-13-14(10-16-8-9-19-4)20-15(17-13)18(3)11(2)12-6-7-12/h11-12,16H,5-10H2,1-4H3. The van der Waals surface area contributed by atoms with Crippen molar-refractivity contribution in [3.05, 3.63) is 10.6 Å². The molecule has 1 aliphatic rings. The van der Waals surface area contributed by atoms with Gasteiger partial charge in [-0.05, 0) is 32.1 Å². The molecule has 0 aromatic carbocycles. The first-order valence-corrected chi connectivity index (χ1v) is 8.40. The predicted molar refractivity (Wildman–Crippen MR) is 85.7 cm³/mol. The number of nitrogens with one attached hydrogen (secondary N) is 1. The van der Waals surface area contributed by atoms with Crippen molar-refractivity contribution in [2.45, 2.75) is 45.7 Å². The highest BCUT2D eigenvalue weighted by Gasteiger charge is 2.31. The third-order valence-corrected chi connectivity index (χ3v) is 5.28. The fourth-order valence-electron chi connectivity index (χ4n) is 2.38. The Labute approximate surface area is 126 Å².